The first kappa shape index (κ1) is 15.8. The normalized spacial score (nSPS) is 55.2. The van der Waals surface area contributed by atoms with Gasteiger partial charge in [0.1, 0.15) is 5.78 Å². The molecule has 4 aliphatic rings. The highest BCUT2D eigenvalue weighted by molar-refractivity contribution is 5.94. The molecule has 0 amide bonds. The zero-order valence-electron chi connectivity index (χ0n) is 14.7. The van der Waals surface area contributed by atoms with E-state index in [1.165, 1.54) is 5.57 Å². The minimum atomic E-state index is -0.821. The average Bonchev–Trinajstić information content (AvgIpc) is 2.65. The molecule has 0 saturated heterocycles. The fourth-order valence-corrected chi connectivity index (χ4v) is 7.04. The molecule has 0 radical (unpaired) electrons. The highest BCUT2D eigenvalue weighted by Gasteiger charge is 2.68. The number of fused-ring (bicyclic) bond motifs is 3. The first-order chi connectivity index (χ1) is 10.7. The number of ketones is 1. The van der Waals surface area contributed by atoms with Crippen molar-refractivity contribution in [3.63, 3.8) is 0 Å². The molecule has 3 heteroatoms. The molecule has 3 saturated carbocycles. The van der Waals surface area contributed by atoms with E-state index in [0.717, 1.165) is 32.1 Å². The number of aliphatic hydroxyl groups is 2. The Labute approximate surface area is 139 Å². The molecular weight excluding hydrogens is 288 g/mol. The Kier molecular flexibility index (Phi) is 3.09. The Hall–Kier alpha value is -0.670. The Morgan fingerprint density at radius 3 is 2.70 bits per heavy atom. The Morgan fingerprint density at radius 1 is 1.26 bits per heavy atom. The van der Waals surface area contributed by atoms with E-state index in [0.29, 0.717) is 18.8 Å². The van der Waals surface area contributed by atoms with Crippen molar-refractivity contribution in [3.8, 4) is 0 Å². The van der Waals surface area contributed by atoms with E-state index < -0.39 is 11.0 Å². The number of carbonyl (C=O) groups excluding carboxylic acids is 1. The largest absolute Gasteiger partial charge is 0.396 e. The smallest absolute Gasteiger partial charge is 0.148 e. The monoisotopic (exact) mass is 318 g/mol. The third-order valence-corrected chi connectivity index (χ3v) is 8.34. The zero-order valence-corrected chi connectivity index (χ0v) is 14.7. The van der Waals surface area contributed by atoms with Crippen molar-refractivity contribution in [3.05, 3.63) is 11.6 Å². The Bertz CT molecular complexity index is 596. The molecule has 6 atom stereocenters. The van der Waals surface area contributed by atoms with Crippen LogP contribution in [0.5, 0.6) is 0 Å². The van der Waals surface area contributed by atoms with E-state index in [1.54, 1.807) is 0 Å². The van der Waals surface area contributed by atoms with Crippen LogP contribution in [0.2, 0.25) is 0 Å². The van der Waals surface area contributed by atoms with Gasteiger partial charge >= 0.3 is 0 Å². The van der Waals surface area contributed by atoms with Crippen LogP contribution in [0.1, 0.15) is 65.7 Å². The van der Waals surface area contributed by atoms with Gasteiger partial charge in [-0.1, -0.05) is 38.8 Å². The van der Waals surface area contributed by atoms with Crippen LogP contribution in [0.3, 0.4) is 0 Å². The van der Waals surface area contributed by atoms with E-state index >= 15 is 0 Å². The van der Waals surface area contributed by atoms with Gasteiger partial charge in [-0.3, -0.25) is 4.79 Å². The first-order valence-corrected chi connectivity index (χ1v) is 9.31. The van der Waals surface area contributed by atoms with Crippen LogP contribution in [0.4, 0.5) is 0 Å². The van der Waals surface area contributed by atoms with Gasteiger partial charge in [0.2, 0.25) is 0 Å². The van der Waals surface area contributed by atoms with Crippen molar-refractivity contribution in [2.24, 2.45) is 28.1 Å². The number of hydrogen-bond donors (Lipinski definition) is 2. The van der Waals surface area contributed by atoms with Crippen LogP contribution >= 0.6 is 0 Å². The predicted octanol–water partition coefficient (Wildman–Crippen LogP) is 3.24. The van der Waals surface area contributed by atoms with Crippen LogP contribution < -0.4 is 0 Å². The van der Waals surface area contributed by atoms with Gasteiger partial charge in [0, 0.05) is 12.5 Å². The van der Waals surface area contributed by atoms with Crippen molar-refractivity contribution in [1.82, 2.24) is 0 Å². The van der Waals surface area contributed by atoms with E-state index in [4.69, 9.17) is 0 Å². The highest BCUT2D eigenvalue weighted by atomic mass is 16.3. The van der Waals surface area contributed by atoms with Gasteiger partial charge in [-0.2, -0.15) is 0 Å². The summed E-state index contributed by atoms with van der Waals surface area (Å²) in [5.74, 6) is 0.476. The lowest BCUT2D eigenvalue weighted by Gasteiger charge is -2.60. The van der Waals surface area contributed by atoms with Crippen LogP contribution in [0.25, 0.3) is 0 Å². The topological polar surface area (TPSA) is 57.5 Å². The Morgan fingerprint density at radius 2 is 2.00 bits per heavy atom. The molecule has 128 valence electrons. The molecule has 4 rings (SSSR count). The summed E-state index contributed by atoms with van der Waals surface area (Å²) in [5.41, 5.74) is 0.0648. The van der Waals surface area contributed by atoms with Crippen molar-refractivity contribution >= 4 is 5.78 Å². The van der Waals surface area contributed by atoms with E-state index in [-0.39, 0.29) is 29.1 Å². The standard InChI is InChI=1S/C20H30O3/c1-13-16(22)19-9-5-14-17(2,12-21)7-4-8-18(14,3)15(19)6-10-20(13,23)11-19/h6,13-14,21,23H,4-5,7-12H2,1-3H3/t13-,14+,17-,18+,19+,20-/m0/s1. The van der Waals surface area contributed by atoms with Crippen LogP contribution in [0.15, 0.2) is 11.6 Å². The van der Waals surface area contributed by atoms with Crippen LogP contribution in [-0.4, -0.2) is 28.2 Å². The van der Waals surface area contributed by atoms with Gasteiger partial charge in [0.25, 0.3) is 0 Å². The number of aliphatic hydroxyl groups excluding tert-OH is 1. The van der Waals surface area contributed by atoms with Crippen molar-refractivity contribution < 1.29 is 15.0 Å². The first-order valence-electron chi connectivity index (χ1n) is 9.31. The number of hydrogen-bond acceptors (Lipinski definition) is 3. The molecular formula is C20H30O3. The molecule has 0 aromatic carbocycles. The summed E-state index contributed by atoms with van der Waals surface area (Å²) in [7, 11) is 0. The number of Topliss-reactive ketones (excluding diaryl/α,β-unsaturated/α-hetero) is 1. The summed E-state index contributed by atoms with van der Waals surface area (Å²) in [4.78, 5) is 13.1. The average molecular weight is 318 g/mol. The van der Waals surface area contributed by atoms with Crippen molar-refractivity contribution in [2.45, 2.75) is 71.3 Å². The van der Waals surface area contributed by atoms with Crippen molar-refractivity contribution in [1.29, 1.82) is 0 Å². The molecule has 0 aromatic heterocycles. The minimum Gasteiger partial charge on any atom is -0.396 e. The summed E-state index contributed by atoms with van der Waals surface area (Å²) in [6.45, 7) is 6.72. The maximum absolute atomic E-state index is 13.1. The molecule has 3 nitrogen and oxygen atoms in total. The van der Waals surface area contributed by atoms with Gasteiger partial charge in [-0.05, 0) is 55.3 Å². The van der Waals surface area contributed by atoms with Crippen LogP contribution in [-0.2, 0) is 4.79 Å². The molecule has 0 aliphatic heterocycles. The second kappa shape index (κ2) is 4.49. The SMILES string of the molecule is C[C@H]1C(=O)[C@@]23CC[C@@H]4[C@](C)(CO)CCC[C@@]4(C)C2=CC[C@]1(O)C3. The minimum absolute atomic E-state index is 0.00896. The maximum Gasteiger partial charge on any atom is 0.148 e. The molecule has 0 unspecified atom stereocenters. The Balaban J connectivity index is 1.83. The summed E-state index contributed by atoms with van der Waals surface area (Å²) in [5, 5.41) is 21.0. The highest BCUT2D eigenvalue weighted by Crippen LogP contribution is 2.70. The molecule has 0 heterocycles. The molecule has 4 aliphatic carbocycles. The van der Waals surface area contributed by atoms with Crippen LogP contribution in [0, 0.1) is 28.1 Å². The third kappa shape index (κ3) is 1.71. The lowest BCUT2D eigenvalue weighted by molar-refractivity contribution is -0.133. The summed E-state index contributed by atoms with van der Waals surface area (Å²) < 4.78 is 0. The lowest BCUT2D eigenvalue weighted by atomic mass is 9.44. The van der Waals surface area contributed by atoms with E-state index in [1.807, 2.05) is 6.92 Å². The number of rotatable bonds is 1. The van der Waals surface area contributed by atoms with Crippen molar-refractivity contribution in [2.75, 3.05) is 6.61 Å². The number of allylic oxidation sites excluding steroid dienone is 1. The molecule has 3 fully saturated rings. The van der Waals surface area contributed by atoms with Gasteiger partial charge < -0.3 is 10.2 Å². The molecule has 2 bridgehead atoms. The maximum atomic E-state index is 13.1. The fourth-order valence-electron chi connectivity index (χ4n) is 7.04. The quantitative estimate of drug-likeness (QED) is 0.730. The number of carbonyl (C=O) groups is 1. The van der Waals surface area contributed by atoms with E-state index in [2.05, 4.69) is 19.9 Å². The van der Waals surface area contributed by atoms with Gasteiger partial charge in [-0.15, -0.1) is 0 Å². The predicted molar refractivity (Wildman–Crippen MR) is 88.7 cm³/mol. The summed E-state index contributed by atoms with van der Waals surface area (Å²) in [6, 6.07) is 0. The molecule has 0 aromatic rings. The van der Waals surface area contributed by atoms with Gasteiger partial charge in [0.15, 0.2) is 0 Å². The molecule has 2 N–H and O–H groups in total. The second-order valence-corrected chi connectivity index (χ2v) is 9.44. The third-order valence-electron chi connectivity index (χ3n) is 8.34. The van der Waals surface area contributed by atoms with Gasteiger partial charge in [-0.25, -0.2) is 0 Å². The second-order valence-electron chi connectivity index (χ2n) is 9.44. The lowest BCUT2D eigenvalue weighted by Crippen LogP contribution is -2.54. The zero-order chi connectivity index (χ0) is 16.7. The molecule has 23 heavy (non-hydrogen) atoms. The summed E-state index contributed by atoms with van der Waals surface area (Å²) in [6.07, 6.45) is 8.64. The fraction of sp³-hybridized carbons (Fsp3) is 0.850. The summed E-state index contributed by atoms with van der Waals surface area (Å²) >= 11 is 0. The molecule has 1 spiro atoms. The van der Waals surface area contributed by atoms with E-state index in [9.17, 15) is 15.0 Å². The van der Waals surface area contributed by atoms with Gasteiger partial charge in [0.05, 0.1) is 11.0 Å².